The third-order valence-corrected chi connectivity index (χ3v) is 4.47. The van der Waals surface area contributed by atoms with Crippen LogP contribution in [0.5, 0.6) is 11.5 Å². The molecule has 0 bridgehead atoms. The molecule has 0 unspecified atom stereocenters. The van der Waals surface area contributed by atoms with Crippen molar-refractivity contribution >= 4 is 34.3 Å². The molecule has 2 aromatic carbocycles. The van der Waals surface area contributed by atoms with Gasteiger partial charge in [0.15, 0.2) is 11.5 Å². The maximum Gasteiger partial charge on any atom is 0.434 e. The summed E-state index contributed by atoms with van der Waals surface area (Å²) in [5.74, 6) is -1.23. The lowest BCUT2D eigenvalue weighted by molar-refractivity contribution is 0.183. The molecule has 0 atom stereocenters. The number of rotatable bonds is 5. The number of hydrogen-bond acceptors (Lipinski definition) is 7. The Kier molecular flexibility index (Phi) is 7.89. The number of aliphatic imine (C=N–C) groups is 2. The Bertz CT molecular complexity index is 1060. The summed E-state index contributed by atoms with van der Waals surface area (Å²) >= 11 is 0.986. The number of ether oxygens (including phenoxy) is 3. The number of benzene rings is 2. The third-order valence-electron chi connectivity index (χ3n) is 3.80. The van der Waals surface area contributed by atoms with Gasteiger partial charge in [-0.05, 0) is 30.5 Å². The Morgan fingerprint density at radius 2 is 1.73 bits per heavy atom. The predicted octanol–water partition coefficient (Wildman–Crippen LogP) is 4.50. The van der Waals surface area contributed by atoms with Crippen molar-refractivity contribution < 1.29 is 27.8 Å². The van der Waals surface area contributed by atoms with Crippen LogP contribution in [0.25, 0.3) is 0 Å². The number of carbonyl (C=O) groups excluding carboxylic acids is 1. The lowest BCUT2D eigenvalue weighted by atomic mass is 10.1. The Morgan fingerprint density at radius 1 is 1.07 bits per heavy atom. The molecule has 0 saturated carbocycles. The van der Waals surface area contributed by atoms with Crippen LogP contribution in [-0.4, -0.2) is 44.4 Å². The van der Waals surface area contributed by atoms with Crippen LogP contribution < -0.4 is 9.47 Å². The summed E-state index contributed by atoms with van der Waals surface area (Å²) < 4.78 is 44.2. The summed E-state index contributed by atoms with van der Waals surface area (Å²) in [6, 6.07) is 7.82. The number of methoxy groups -OCH3 is 3. The van der Waals surface area contributed by atoms with Crippen LogP contribution in [0, 0.1) is 23.0 Å². The second-order valence-electron chi connectivity index (χ2n) is 5.52. The van der Waals surface area contributed by atoms with Crippen LogP contribution in [0.1, 0.15) is 11.1 Å². The van der Waals surface area contributed by atoms with E-state index < -0.39 is 17.7 Å². The van der Waals surface area contributed by atoms with Crippen molar-refractivity contribution in [1.29, 1.82) is 5.26 Å². The number of nitriles is 1. The summed E-state index contributed by atoms with van der Waals surface area (Å²) in [6.45, 7) is 0. The SMILES string of the molecule is COC(=O)/N=C(SC)/C(=N/c1ccc(C#N)cc1F)c1cc(OC)c(OC)cc1F. The average molecular weight is 433 g/mol. The number of hydrogen-bond donors (Lipinski definition) is 0. The summed E-state index contributed by atoms with van der Waals surface area (Å²) in [5, 5.41) is 8.89. The van der Waals surface area contributed by atoms with Crippen LogP contribution in [0.15, 0.2) is 40.3 Å². The second-order valence-corrected chi connectivity index (χ2v) is 6.31. The van der Waals surface area contributed by atoms with Gasteiger partial charge in [0, 0.05) is 11.6 Å². The van der Waals surface area contributed by atoms with E-state index in [1.807, 2.05) is 6.07 Å². The highest BCUT2D eigenvalue weighted by Gasteiger charge is 2.21. The Labute approximate surface area is 176 Å². The monoisotopic (exact) mass is 433 g/mol. The molecule has 156 valence electrons. The molecule has 10 heteroatoms. The summed E-state index contributed by atoms with van der Waals surface area (Å²) in [4.78, 5) is 19.7. The molecule has 0 aliphatic heterocycles. The lowest BCUT2D eigenvalue weighted by Crippen LogP contribution is -2.16. The van der Waals surface area contributed by atoms with E-state index in [1.165, 1.54) is 32.4 Å². The van der Waals surface area contributed by atoms with E-state index in [0.29, 0.717) is 0 Å². The molecule has 0 radical (unpaired) electrons. The fraction of sp³-hybridized carbons (Fsp3) is 0.200. The van der Waals surface area contributed by atoms with Crippen molar-refractivity contribution in [3.8, 4) is 17.6 Å². The van der Waals surface area contributed by atoms with Gasteiger partial charge >= 0.3 is 6.09 Å². The molecule has 0 N–H and O–H groups in total. The van der Waals surface area contributed by atoms with Gasteiger partial charge in [0.05, 0.1) is 38.6 Å². The standard InChI is InChI=1S/C20H17F2N3O4S/c1-27-16-8-12(13(21)9-17(16)28-2)18(19(30-4)25-20(26)29-3)24-15-6-5-11(10-23)7-14(15)22/h5-9H,1-4H3/b24-18+,25-19-. The highest BCUT2D eigenvalue weighted by Crippen LogP contribution is 2.32. The van der Waals surface area contributed by atoms with Gasteiger partial charge in [-0.2, -0.15) is 10.3 Å². The summed E-state index contributed by atoms with van der Waals surface area (Å²) in [7, 11) is 3.86. The zero-order valence-corrected chi connectivity index (χ0v) is 17.3. The van der Waals surface area contributed by atoms with E-state index >= 15 is 0 Å². The molecule has 0 spiro atoms. The van der Waals surface area contributed by atoms with Crippen molar-refractivity contribution in [3.63, 3.8) is 0 Å². The second kappa shape index (κ2) is 10.4. The van der Waals surface area contributed by atoms with Gasteiger partial charge in [-0.15, -0.1) is 11.8 Å². The molecule has 0 aliphatic rings. The number of carbonyl (C=O) groups is 1. The van der Waals surface area contributed by atoms with E-state index in [1.54, 1.807) is 6.26 Å². The first kappa shape index (κ1) is 22.8. The molecule has 30 heavy (non-hydrogen) atoms. The Morgan fingerprint density at radius 3 is 2.27 bits per heavy atom. The molecule has 0 saturated heterocycles. The van der Waals surface area contributed by atoms with Gasteiger partial charge in [-0.1, -0.05) is 0 Å². The van der Waals surface area contributed by atoms with E-state index in [-0.39, 0.29) is 39.1 Å². The molecule has 0 aliphatic carbocycles. The van der Waals surface area contributed by atoms with Crippen LogP contribution in [0.4, 0.5) is 19.3 Å². The van der Waals surface area contributed by atoms with Crippen molar-refractivity contribution in [2.24, 2.45) is 9.98 Å². The predicted molar refractivity (Wildman–Crippen MR) is 110 cm³/mol. The number of thioether (sulfide) groups is 1. The largest absolute Gasteiger partial charge is 0.493 e. The van der Waals surface area contributed by atoms with Gasteiger partial charge in [0.2, 0.25) is 0 Å². The quantitative estimate of drug-likeness (QED) is 0.509. The highest BCUT2D eigenvalue weighted by molar-refractivity contribution is 8.15. The van der Waals surface area contributed by atoms with Crippen LogP contribution in [0.3, 0.4) is 0 Å². The molecule has 2 aromatic rings. The van der Waals surface area contributed by atoms with E-state index in [0.717, 1.165) is 31.0 Å². The molecule has 0 aromatic heterocycles. The number of halogens is 2. The first-order chi connectivity index (χ1) is 14.4. The van der Waals surface area contributed by atoms with Gasteiger partial charge in [0.1, 0.15) is 22.4 Å². The fourth-order valence-corrected chi connectivity index (χ4v) is 2.89. The molecular formula is C20H17F2N3O4S. The van der Waals surface area contributed by atoms with E-state index in [9.17, 15) is 13.6 Å². The smallest absolute Gasteiger partial charge is 0.434 e. The van der Waals surface area contributed by atoms with Gasteiger partial charge < -0.3 is 14.2 Å². The van der Waals surface area contributed by atoms with Crippen molar-refractivity contribution in [2.45, 2.75) is 0 Å². The molecular weight excluding hydrogens is 416 g/mol. The van der Waals surface area contributed by atoms with Gasteiger partial charge in [-0.3, -0.25) is 0 Å². The maximum atomic E-state index is 14.9. The minimum atomic E-state index is -0.937. The lowest BCUT2D eigenvalue weighted by Gasteiger charge is -2.14. The molecule has 2 rings (SSSR count). The average Bonchev–Trinajstić information content (AvgIpc) is 2.76. The van der Waals surface area contributed by atoms with Crippen LogP contribution >= 0.6 is 11.8 Å². The topological polar surface area (TPSA) is 93.3 Å². The molecule has 0 heterocycles. The van der Waals surface area contributed by atoms with Crippen LogP contribution in [-0.2, 0) is 4.74 Å². The van der Waals surface area contributed by atoms with Gasteiger partial charge in [-0.25, -0.2) is 18.6 Å². The zero-order chi connectivity index (χ0) is 22.3. The summed E-state index contributed by atoms with van der Waals surface area (Å²) in [6.07, 6.45) is 0.652. The van der Waals surface area contributed by atoms with Gasteiger partial charge in [0.25, 0.3) is 0 Å². The number of amides is 1. The minimum absolute atomic E-state index is 0.0169. The van der Waals surface area contributed by atoms with Crippen LogP contribution in [0.2, 0.25) is 0 Å². The fourth-order valence-electron chi connectivity index (χ4n) is 2.37. The maximum absolute atomic E-state index is 14.9. The molecule has 1 amide bonds. The zero-order valence-electron chi connectivity index (χ0n) is 16.5. The first-order valence-corrected chi connectivity index (χ1v) is 9.52. The molecule has 7 nitrogen and oxygen atoms in total. The Balaban J connectivity index is 2.80. The van der Waals surface area contributed by atoms with Crippen molar-refractivity contribution in [1.82, 2.24) is 0 Å². The Hall–Kier alpha value is -3.45. The van der Waals surface area contributed by atoms with E-state index in [4.69, 9.17) is 14.7 Å². The van der Waals surface area contributed by atoms with Crippen molar-refractivity contribution in [3.05, 3.63) is 53.1 Å². The first-order valence-electron chi connectivity index (χ1n) is 8.29. The summed E-state index contributed by atoms with van der Waals surface area (Å²) in [5.41, 5.74) is -0.313. The third kappa shape index (κ3) is 5.12. The highest BCUT2D eigenvalue weighted by atomic mass is 32.2. The minimum Gasteiger partial charge on any atom is -0.493 e. The number of nitrogens with zero attached hydrogens (tertiary/aromatic N) is 3. The van der Waals surface area contributed by atoms with E-state index in [2.05, 4.69) is 14.7 Å². The molecule has 0 fully saturated rings. The normalized spacial score (nSPS) is 11.6. The van der Waals surface area contributed by atoms with Crippen molar-refractivity contribution in [2.75, 3.05) is 27.6 Å².